The summed E-state index contributed by atoms with van der Waals surface area (Å²) in [5.74, 6) is 0.655. The van der Waals surface area contributed by atoms with Crippen LogP contribution in [-0.2, 0) is 0 Å². The Balaban J connectivity index is 1.15. The largest absolute Gasteiger partial charge is 0.454 e. The molecule has 0 amide bonds. The van der Waals surface area contributed by atoms with E-state index in [1.807, 2.05) is 48.5 Å². The van der Waals surface area contributed by atoms with Gasteiger partial charge in [-0.3, -0.25) is 0 Å². The van der Waals surface area contributed by atoms with Crippen LogP contribution in [0, 0.1) is 0 Å². The smallest absolute Gasteiger partial charge is 0.161 e. The molecule has 0 bridgehead atoms. The maximum absolute atomic E-state index is 6.91. The van der Waals surface area contributed by atoms with E-state index in [1.165, 1.54) is 33.0 Å². The van der Waals surface area contributed by atoms with E-state index in [0.717, 1.165) is 66.7 Å². The first kappa shape index (κ1) is 31.9. The molecule has 0 aliphatic carbocycles. The molecule has 0 spiro atoms. The molecule has 56 heavy (non-hydrogen) atoms. The summed E-state index contributed by atoms with van der Waals surface area (Å²) in [7, 11) is 0. The van der Waals surface area contributed by atoms with Crippen molar-refractivity contribution in [3.05, 3.63) is 200 Å². The maximum Gasteiger partial charge on any atom is 0.161 e. The van der Waals surface area contributed by atoms with Crippen molar-refractivity contribution in [2.24, 2.45) is 0 Å². The third-order valence-electron chi connectivity index (χ3n) is 10.8. The molecule has 0 saturated carbocycles. The van der Waals surface area contributed by atoms with Gasteiger partial charge in [0, 0.05) is 38.2 Å². The molecular weight excluding hydrogens is 683 g/mol. The van der Waals surface area contributed by atoms with E-state index >= 15 is 0 Å². The number of nitrogens with zero attached hydrogens (tertiary/aromatic N) is 3. The average molecular weight is 716 g/mol. The first-order valence-corrected chi connectivity index (χ1v) is 18.9. The molecule has 3 aromatic heterocycles. The van der Waals surface area contributed by atoms with Gasteiger partial charge in [-0.25, -0.2) is 9.97 Å². The van der Waals surface area contributed by atoms with Crippen molar-refractivity contribution >= 4 is 43.7 Å². The van der Waals surface area contributed by atoms with E-state index in [0.29, 0.717) is 5.82 Å². The summed E-state index contributed by atoms with van der Waals surface area (Å²) >= 11 is 0. The highest BCUT2D eigenvalue weighted by Crippen LogP contribution is 2.42. The molecule has 0 atom stereocenters. The predicted molar refractivity (Wildman–Crippen MR) is 231 cm³/mol. The van der Waals surface area contributed by atoms with Crippen molar-refractivity contribution in [2.75, 3.05) is 0 Å². The second-order valence-electron chi connectivity index (χ2n) is 14.2. The van der Waals surface area contributed by atoms with Crippen LogP contribution < -0.4 is 0 Å². The fraction of sp³-hybridized carbons (Fsp3) is 0. The fourth-order valence-electron chi connectivity index (χ4n) is 8.18. The van der Waals surface area contributed by atoms with Gasteiger partial charge in [0.25, 0.3) is 0 Å². The zero-order valence-electron chi connectivity index (χ0n) is 30.3. The molecular formula is C52H33N3O. The Morgan fingerprint density at radius 2 is 0.875 bits per heavy atom. The minimum absolute atomic E-state index is 0.655. The van der Waals surface area contributed by atoms with Gasteiger partial charge in [0.15, 0.2) is 11.4 Å². The van der Waals surface area contributed by atoms with Crippen LogP contribution in [0.25, 0.3) is 106 Å². The summed E-state index contributed by atoms with van der Waals surface area (Å²) < 4.78 is 9.27. The fourth-order valence-corrected chi connectivity index (χ4v) is 8.18. The van der Waals surface area contributed by atoms with Crippen molar-refractivity contribution < 1.29 is 4.42 Å². The summed E-state index contributed by atoms with van der Waals surface area (Å²) in [5.41, 5.74) is 14.3. The summed E-state index contributed by atoms with van der Waals surface area (Å²) in [5, 5.41) is 4.38. The van der Waals surface area contributed by atoms with E-state index in [2.05, 4.69) is 156 Å². The van der Waals surface area contributed by atoms with Gasteiger partial charge in [0.05, 0.1) is 28.1 Å². The van der Waals surface area contributed by atoms with E-state index < -0.39 is 0 Å². The molecule has 4 nitrogen and oxygen atoms in total. The average Bonchev–Trinajstić information content (AvgIpc) is 3.83. The van der Waals surface area contributed by atoms with Gasteiger partial charge >= 0.3 is 0 Å². The quantitative estimate of drug-likeness (QED) is 0.172. The summed E-state index contributed by atoms with van der Waals surface area (Å²) in [4.78, 5) is 10.4. The first-order valence-electron chi connectivity index (χ1n) is 18.9. The Kier molecular flexibility index (Phi) is 7.46. The minimum Gasteiger partial charge on any atom is -0.454 e. The Labute approximate surface area is 323 Å². The number of para-hydroxylation sites is 1. The van der Waals surface area contributed by atoms with Crippen LogP contribution in [0.4, 0.5) is 0 Å². The van der Waals surface area contributed by atoms with Crippen LogP contribution in [0.3, 0.4) is 0 Å². The van der Waals surface area contributed by atoms with Crippen molar-refractivity contribution in [1.82, 2.24) is 14.5 Å². The Morgan fingerprint density at radius 3 is 1.41 bits per heavy atom. The van der Waals surface area contributed by atoms with E-state index in [1.54, 1.807) is 0 Å². The highest BCUT2D eigenvalue weighted by molar-refractivity contribution is 6.16. The lowest BCUT2D eigenvalue weighted by Gasteiger charge is -2.10. The SMILES string of the molecule is c1ccc(-c2ccc3c(c2)c2cc(-c4ccccc4)ccc2n3-c2cccc3c2oc2cccc(-c4nc(-c5ccccc5)cc(-c5ccccc5)n4)c23)cc1. The number of furan rings is 1. The monoisotopic (exact) mass is 715 g/mol. The van der Waals surface area contributed by atoms with Crippen molar-refractivity contribution in [2.45, 2.75) is 0 Å². The summed E-state index contributed by atoms with van der Waals surface area (Å²) in [6, 6.07) is 70.2. The first-order chi connectivity index (χ1) is 27.8. The molecule has 0 aliphatic heterocycles. The summed E-state index contributed by atoms with van der Waals surface area (Å²) in [6.07, 6.45) is 0. The molecule has 3 heterocycles. The third-order valence-corrected chi connectivity index (χ3v) is 10.8. The van der Waals surface area contributed by atoms with Crippen LogP contribution in [0.2, 0.25) is 0 Å². The number of fused-ring (bicyclic) bond motifs is 6. The van der Waals surface area contributed by atoms with Gasteiger partial charge in [-0.05, 0) is 64.7 Å². The van der Waals surface area contributed by atoms with Crippen LogP contribution in [0.15, 0.2) is 205 Å². The van der Waals surface area contributed by atoms with Crippen LogP contribution in [0.5, 0.6) is 0 Å². The van der Waals surface area contributed by atoms with Crippen LogP contribution in [-0.4, -0.2) is 14.5 Å². The molecule has 0 N–H and O–H groups in total. The van der Waals surface area contributed by atoms with Gasteiger partial charge in [-0.2, -0.15) is 0 Å². The third kappa shape index (κ3) is 5.31. The second kappa shape index (κ2) is 13.1. The summed E-state index contributed by atoms with van der Waals surface area (Å²) in [6.45, 7) is 0. The van der Waals surface area contributed by atoms with Gasteiger partial charge < -0.3 is 8.98 Å². The molecule has 4 heteroatoms. The molecule has 8 aromatic carbocycles. The van der Waals surface area contributed by atoms with E-state index in [-0.39, 0.29) is 0 Å². The zero-order valence-corrected chi connectivity index (χ0v) is 30.3. The molecule has 0 saturated heterocycles. The standard InChI is InChI=1S/C52H33N3O/c1-5-15-34(16-6-1)38-27-29-46-42(31-38)43-32-39(35-17-7-2-8-18-35)28-30-47(43)55(46)48-25-13-23-40-50-41(24-14-26-49(50)56-51(40)48)52-53-44(36-19-9-3-10-20-36)33-45(54-52)37-21-11-4-12-22-37/h1-33H. The van der Waals surface area contributed by atoms with Gasteiger partial charge in [-0.15, -0.1) is 0 Å². The molecule has 0 radical (unpaired) electrons. The lowest BCUT2D eigenvalue weighted by molar-refractivity contribution is 0.666. The van der Waals surface area contributed by atoms with Crippen molar-refractivity contribution in [3.63, 3.8) is 0 Å². The van der Waals surface area contributed by atoms with Gasteiger partial charge in [0.1, 0.15) is 5.58 Å². The van der Waals surface area contributed by atoms with Gasteiger partial charge in [0.2, 0.25) is 0 Å². The number of rotatable bonds is 6. The van der Waals surface area contributed by atoms with Crippen LogP contribution >= 0.6 is 0 Å². The second-order valence-corrected chi connectivity index (χ2v) is 14.2. The lowest BCUT2D eigenvalue weighted by Crippen LogP contribution is -1.96. The molecule has 0 fully saturated rings. The highest BCUT2D eigenvalue weighted by Gasteiger charge is 2.22. The number of benzene rings is 8. The molecule has 0 aliphatic rings. The lowest BCUT2D eigenvalue weighted by atomic mass is 10.0. The molecule has 11 rings (SSSR count). The number of hydrogen-bond acceptors (Lipinski definition) is 3. The zero-order chi connectivity index (χ0) is 37.0. The number of aromatic nitrogens is 3. The van der Waals surface area contributed by atoms with E-state index in [4.69, 9.17) is 14.4 Å². The molecule has 11 aromatic rings. The normalized spacial score (nSPS) is 11.6. The van der Waals surface area contributed by atoms with Crippen LogP contribution in [0.1, 0.15) is 0 Å². The Hall–Kier alpha value is -7.56. The van der Waals surface area contributed by atoms with E-state index in [9.17, 15) is 0 Å². The maximum atomic E-state index is 6.91. The van der Waals surface area contributed by atoms with Crippen molar-refractivity contribution in [1.29, 1.82) is 0 Å². The Morgan fingerprint density at radius 1 is 0.375 bits per heavy atom. The minimum atomic E-state index is 0.655. The predicted octanol–water partition coefficient (Wildman–Crippen LogP) is 13.8. The molecule has 0 unspecified atom stereocenters. The highest BCUT2D eigenvalue weighted by atomic mass is 16.3. The molecule has 262 valence electrons. The number of hydrogen-bond donors (Lipinski definition) is 0. The Bertz CT molecular complexity index is 3070. The van der Waals surface area contributed by atoms with Gasteiger partial charge in [-0.1, -0.05) is 158 Å². The van der Waals surface area contributed by atoms with Crippen molar-refractivity contribution in [3.8, 4) is 61.8 Å². The topological polar surface area (TPSA) is 43.9 Å².